The first kappa shape index (κ1) is 11.9. The molecule has 0 unspecified atom stereocenters. The van der Waals surface area contributed by atoms with E-state index in [-0.39, 0.29) is 0 Å². The molecule has 0 spiro atoms. The lowest BCUT2D eigenvalue weighted by atomic mass is 10.1. The molecule has 2 nitrogen and oxygen atoms in total. The third kappa shape index (κ3) is 2.37. The second kappa shape index (κ2) is 4.86. The number of H-pyrrole nitrogens is 1. The maximum atomic E-state index is 5.40. The molecule has 0 saturated heterocycles. The van der Waals surface area contributed by atoms with Crippen molar-refractivity contribution in [3.05, 3.63) is 71.1 Å². The molecule has 0 bridgehead atoms. The van der Waals surface area contributed by atoms with E-state index in [0.717, 1.165) is 16.9 Å². The highest BCUT2D eigenvalue weighted by molar-refractivity contribution is 7.71. The standard InChI is InChI=1S/C16H14N2S/c1-12-6-5-7-13(10-12)15-11-18(16(19)17-15)14-8-3-2-4-9-14/h2-11H,1H3,(H,17,19). The Balaban J connectivity index is 2.10. The summed E-state index contributed by atoms with van der Waals surface area (Å²) in [5.41, 5.74) is 4.50. The molecular formula is C16H14N2S. The van der Waals surface area contributed by atoms with E-state index in [0.29, 0.717) is 4.77 Å². The Hall–Kier alpha value is -2.13. The molecule has 0 saturated carbocycles. The van der Waals surface area contributed by atoms with Crippen LogP contribution in [0.2, 0.25) is 0 Å². The van der Waals surface area contributed by atoms with Crippen LogP contribution in [0.1, 0.15) is 5.56 Å². The summed E-state index contributed by atoms with van der Waals surface area (Å²) in [7, 11) is 0. The largest absolute Gasteiger partial charge is 0.330 e. The summed E-state index contributed by atoms with van der Waals surface area (Å²) in [6.07, 6.45) is 2.05. The van der Waals surface area contributed by atoms with Crippen LogP contribution < -0.4 is 0 Å². The number of aryl methyl sites for hydroxylation is 1. The van der Waals surface area contributed by atoms with E-state index in [1.807, 2.05) is 41.1 Å². The summed E-state index contributed by atoms with van der Waals surface area (Å²) >= 11 is 5.40. The van der Waals surface area contributed by atoms with Crippen LogP contribution in [-0.2, 0) is 0 Å². The van der Waals surface area contributed by atoms with Gasteiger partial charge in [-0.2, -0.15) is 0 Å². The minimum Gasteiger partial charge on any atom is -0.330 e. The number of para-hydroxylation sites is 1. The molecule has 94 valence electrons. The summed E-state index contributed by atoms with van der Waals surface area (Å²) < 4.78 is 2.70. The van der Waals surface area contributed by atoms with Crippen LogP contribution in [0.5, 0.6) is 0 Å². The predicted octanol–water partition coefficient (Wildman–Crippen LogP) is 4.51. The van der Waals surface area contributed by atoms with E-state index in [9.17, 15) is 0 Å². The van der Waals surface area contributed by atoms with Crippen LogP contribution in [0.25, 0.3) is 16.9 Å². The molecule has 3 rings (SSSR count). The maximum absolute atomic E-state index is 5.40. The highest BCUT2D eigenvalue weighted by Gasteiger charge is 2.04. The van der Waals surface area contributed by atoms with E-state index in [1.165, 1.54) is 5.56 Å². The third-order valence-electron chi connectivity index (χ3n) is 3.08. The number of aromatic amines is 1. The molecule has 1 aromatic heterocycles. The van der Waals surface area contributed by atoms with E-state index in [4.69, 9.17) is 12.2 Å². The Kier molecular flexibility index (Phi) is 3.05. The fourth-order valence-electron chi connectivity index (χ4n) is 2.14. The molecule has 19 heavy (non-hydrogen) atoms. The second-order valence-corrected chi connectivity index (χ2v) is 4.93. The van der Waals surface area contributed by atoms with Gasteiger partial charge in [-0.15, -0.1) is 0 Å². The van der Waals surface area contributed by atoms with Crippen LogP contribution in [0.3, 0.4) is 0 Å². The van der Waals surface area contributed by atoms with Gasteiger partial charge in [-0.05, 0) is 42.9 Å². The molecule has 1 N–H and O–H groups in total. The number of imidazole rings is 1. The molecule has 3 heteroatoms. The lowest BCUT2D eigenvalue weighted by Crippen LogP contribution is -1.90. The Labute approximate surface area is 117 Å². The van der Waals surface area contributed by atoms with Gasteiger partial charge in [-0.25, -0.2) is 0 Å². The van der Waals surface area contributed by atoms with Crippen LogP contribution >= 0.6 is 12.2 Å². The van der Waals surface area contributed by atoms with Gasteiger partial charge in [0, 0.05) is 11.9 Å². The minimum atomic E-state index is 0.711. The summed E-state index contributed by atoms with van der Waals surface area (Å²) in [5, 5.41) is 0. The number of aromatic nitrogens is 2. The fourth-order valence-corrected chi connectivity index (χ4v) is 2.40. The first-order valence-corrected chi connectivity index (χ1v) is 6.59. The topological polar surface area (TPSA) is 20.7 Å². The number of nitrogens with zero attached hydrogens (tertiary/aromatic N) is 1. The third-order valence-corrected chi connectivity index (χ3v) is 3.38. The molecule has 2 aromatic carbocycles. The Morgan fingerprint density at radius 2 is 1.79 bits per heavy atom. The van der Waals surface area contributed by atoms with Gasteiger partial charge < -0.3 is 4.98 Å². The van der Waals surface area contributed by atoms with Crippen molar-refractivity contribution in [3.63, 3.8) is 0 Å². The van der Waals surface area contributed by atoms with Crippen molar-refractivity contribution in [2.24, 2.45) is 0 Å². The van der Waals surface area contributed by atoms with Crippen LogP contribution in [0.15, 0.2) is 60.8 Å². The number of nitrogens with one attached hydrogen (secondary N) is 1. The molecule has 0 radical (unpaired) electrons. The summed E-state index contributed by atoms with van der Waals surface area (Å²) in [6.45, 7) is 2.09. The van der Waals surface area contributed by atoms with E-state index >= 15 is 0 Å². The van der Waals surface area contributed by atoms with Crippen molar-refractivity contribution in [2.75, 3.05) is 0 Å². The van der Waals surface area contributed by atoms with Gasteiger partial charge in [-0.3, -0.25) is 4.57 Å². The second-order valence-electron chi connectivity index (χ2n) is 4.55. The summed E-state index contributed by atoms with van der Waals surface area (Å²) in [5.74, 6) is 0. The highest BCUT2D eigenvalue weighted by Crippen LogP contribution is 2.20. The van der Waals surface area contributed by atoms with Crippen molar-refractivity contribution in [1.82, 2.24) is 9.55 Å². The van der Waals surface area contributed by atoms with Gasteiger partial charge in [0.25, 0.3) is 0 Å². The molecular weight excluding hydrogens is 252 g/mol. The quantitative estimate of drug-likeness (QED) is 0.677. The number of hydrogen-bond donors (Lipinski definition) is 1. The van der Waals surface area contributed by atoms with E-state index < -0.39 is 0 Å². The Morgan fingerprint density at radius 3 is 2.53 bits per heavy atom. The zero-order chi connectivity index (χ0) is 13.2. The minimum absolute atomic E-state index is 0.711. The monoisotopic (exact) mass is 266 g/mol. The van der Waals surface area contributed by atoms with Gasteiger partial charge in [0.05, 0.1) is 5.69 Å². The van der Waals surface area contributed by atoms with Crippen LogP contribution in [-0.4, -0.2) is 9.55 Å². The van der Waals surface area contributed by atoms with Gasteiger partial charge in [-0.1, -0.05) is 42.0 Å². The average Bonchev–Trinajstić information content (AvgIpc) is 2.82. The Morgan fingerprint density at radius 1 is 1.00 bits per heavy atom. The average molecular weight is 266 g/mol. The van der Waals surface area contributed by atoms with Crippen molar-refractivity contribution < 1.29 is 0 Å². The molecule has 0 aliphatic rings. The van der Waals surface area contributed by atoms with Crippen molar-refractivity contribution in [2.45, 2.75) is 6.92 Å². The first-order chi connectivity index (χ1) is 9.24. The number of hydrogen-bond acceptors (Lipinski definition) is 1. The Bertz CT molecular complexity index is 754. The molecule has 0 atom stereocenters. The molecule has 0 aliphatic heterocycles. The summed E-state index contributed by atoms with van der Waals surface area (Å²) in [4.78, 5) is 3.26. The molecule has 3 aromatic rings. The van der Waals surface area contributed by atoms with Gasteiger partial charge in [0.2, 0.25) is 0 Å². The lowest BCUT2D eigenvalue weighted by Gasteiger charge is -2.01. The molecule has 0 amide bonds. The smallest absolute Gasteiger partial charge is 0.182 e. The van der Waals surface area contributed by atoms with Crippen LogP contribution in [0.4, 0.5) is 0 Å². The van der Waals surface area contributed by atoms with Crippen molar-refractivity contribution in [3.8, 4) is 16.9 Å². The highest BCUT2D eigenvalue weighted by atomic mass is 32.1. The molecule has 1 heterocycles. The normalized spacial score (nSPS) is 10.6. The van der Waals surface area contributed by atoms with Crippen molar-refractivity contribution >= 4 is 12.2 Å². The predicted molar refractivity (Wildman–Crippen MR) is 81.1 cm³/mol. The summed E-state index contributed by atoms with van der Waals surface area (Å²) in [6, 6.07) is 18.5. The zero-order valence-corrected chi connectivity index (χ0v) is 11.4. The zero-order valence-electron chi connectivity index (χ0n) is 10.6. The lowest BCUT2D eigenvalue weighted by molar-refractivity contribution is 1.03. The van der Waals surface area contributed by atoms with E-state index in [1.54, 1.807) is 0 Å². The SMILES string of the molecule is Cc1cccc(-c2cn(-c3ccccc3)c(=S)[nH]2)c1. The number of benzene rings is 2. The molecule has 0 fully saturated rings. The number of rotatable bonds is 2. The van der Waals surface area contributed by atoms with Crippen LogP contribution in [0, 0.1) is 11.7 Å². The molecule has 0 aliphatic carbocycles. The van der Waals surface area contributed by atoms with E-state index in [2.05, 4.69) is 36.2 Å². The fraction of sp³-hybridized carbons (Fsp3) is 0.0625. The van der Waals surface area contributed by atoms with Gasteiger partial charge in [0.15, 0.2) is 4.77 Å². The van der Waals surface area contributed by atoms with Crippen molar-refractivity contribution in [1.29, 1.82) is 0 Å². The first-order valence-electron chi connectivity index (χ1n) is 6.18. The maximum Gasteiger partial charge on any atom is 0.182 e. The van der Waals surface area contributed by atoms with Gasteiger partial charge in [0.1, 0.15) is 0 Å². The van der Waals surface area contributed by atoms with Gasteiger partial charge >= 0.3 is 0 Å².